The standard InChI is InChI=1S/C19H18O6/c20-11-6-13(22)12(21)5-10(11)19-18(24)14(23)4-8(25-19)3-7-1-2-9-16-15(7)17(9)16/h4-7,9,15-17,20-22,24H,1-3H2. The molecule has 4 fully saturated rings. The first-order chi connectivity index (χ1) is 12.0. The van der Waals surface area contributed by atoms with Crippen LogP contribution >= 0.6 is 0 Å². The molecular weight excluding hydrogens is 324 g/mol. The Balaban J connectivity index is 1.52. The van der Waals surface area contributed by atoms with Gasteiger partial charge in [0, 0.05) is 18.6 Å². The lowest BCUT2D eigenvalue weighted by Gasteiger charge is -2.28. The van der Waals surface area contributed by atoms with E-state index in [0.717, 1.165) is 42.2 Å². The number of hydrogen-bond donors (Lipinski definition) is 4. The first-order valence-electron chi connectivity index (χ1n) is 8.57. The first kappa shape index (κ1) is 14.7. The molecule has 6 heteroatoms. The van der Waals surface area contributed by atoms with E-state index in [0.29, 0.717) is 18.1 Å². The van der Waals surface area contributed by atoms with Crippen LogP contribution < -0.4 is 5.43 Å². The lowest BCUT2D eigenvalue weighted by atomic mass is 9.77. The summed E-state index contributed by atoms with van der Waals surface area (Å²) in [5.41, 5.74) is -0.623. The number of aromatic hydroxyl groups is 4. The summed E-state index contributed by atoms with van der Waals surface area (Å²) in [6.45, 7) is 0. The van der Waals surface area contributed by atoms with E-state index in [2.05, 4.69) is 0 Å². The summed E-state index contributed by atoms with van der Waals surface area (Å²) in [4.78, 5) is 12.1. The van der Waals surface area contributed by atoms with E-state index in [1.807, 2.05) is 0 Å². The Hall–Kier alpha value is -2.63. The van der Waals surface area contributed by atoms with Crippen molar-refractivity contribution in [1.29, 1.82) is 0 Å². The molecular formula is C19H18O6. The molecule has 3 atom stereocenters. The molecule has 2 bridgehead atoms. The van der Waals surface area contributed by atoms with Gasteiger partial charge in [-0.05, 0) is 48.5 Å². The Morgan fingerprint density at radius 3 is 2.36 bits per heavy atom. The van der Waals surface area contributed by atoms with Crippen molar-refractivity contribution in [2.75, 3.05) is 0 Å². The van der Waals surface area contributed by atoms with Gasteiger partial charge in [0.2, 0.25) is 11.2 Å². The van der Waals surface area contributed by atoms with Crippen LogP contribution in [0, 0.1) is 29.6 Å². The normalized spacial score (nSPS) is 31.4. The summed E-state index contributed by atoms with van der Waals surface area (Å²) >= 11 is 0. The summed E-state index contributed by atoms with van der Waals surface area (Å²) in [6.07, 6.45) is 3.02. The van der Waals surface area contributed by atoms with Crippen LogP contribution in [0.4, 0.5) is 0 Å². The van der Waals surface area contributed by atoms with Gasteiger partial charge >= 0.3 is 0 Å². The van der Waals surface area contributed by atoms with Crippen molar-refractivity contribution in [1.82, 2.24) is 0 Å². The zero-order chi connectivity index (χ0) is 17.5. The minimum absolute atomic E-state index is 0.0373. The van der Waals surface area contributed by atoms with Crippen LogP contribution in [0.15, 0.2) is 27.4 Å². The van der Waals surface area contributed by atoms with Crippen molar-refractivity contribution >= 4 is 0 Å². The number of fused-ring (bicyclic) bond motifs is 2. The first-order valence-corrected chi connectivity index (χ1v) is 8.57. The maximum absolute atomic E-state index is 12.1. The molecule has 0 saturated heterocycles. The van der Waals surface area contributed by atoms with Crippen LogP contribution in [0.25, 0.3) is 11.3 Å². The highest BCUT2D eigenvalue weighted by Crippen LogP contribution is 2.80. The monoisotopic (exact) mass is 342 g/mol. The van der Waals surface area contributed by atoms with Crippen LogP contribution in [-0.2, 0) is 6.42 Å². The van der Waals surface area contributed by atoms with E-state index in [-0.39, 0.29) is 11.3 Å². The van der Waals surface area contributed by atoms with E-state index in [1.54, 1.807) is 0 Å². The molecule has 2 aromatic rings. The molecule has 25 heavy (non-hydrogen) atoms. The van der Waals surface area contributed by atoms with Gasteiger partial charge in [0.15, 0.2) is 17.3 Å². The lowest BCUT2D eigenvalue weighted by Crippen LogP contribution is -2.22. The molecule has 1 aromatic heterocycles. The van der Waals surface area contributed by atoms with Gasteiger partial charge in [-0.1, -0.05) is 0 Å². The fourth-order valence-corrected chi connectivity index (χ4v) is 4.91. The summed E-state index contributed by atoms with van der Waals surface area (Å²) in [5.74, 6) is 2.28. The van der Waals surface area contributed by atoms with Crippen molar-refractivity contribution in [3.8, 4) is 34.3 Å². The Labute approximate surface area is 143 Å². The average molecular weight is 342 g/mol. The molecule has 3 unspecified atom stereocenters. The predicted octanol–water partition coefficient (Wildman–Crippen LogP) is 2.57. The molecule has 1 heterocycles. The van der Waals surface area contributed by atoms with Gasteiger partial charge in [-0.25, -0.2) is 0 Å². The quantitative estimate of drug-likeness (QED) is 0.504. The van der Waals surface area contributed by atoms with E-state index in [1.165, 1.54) is 12.5 Å². The number of hydrogen-bond acceptors (Lipinski definition) is 6. The maximum atomic E-state index is 12.1. The second-order valence-electron chi connectivity index (χ2n) is 7.55. The van der Waals surface area contributed by atoms with Crippen LogP contribution in [0.2, 0.25) is 0 Å². The minimum Gasteiger partial charge on any atom is -0.507 e. The molecule has 130 valence electrons. The van der Waals surface area contributed by atoms with Gasteiger partial charge in [-0.15, -0.1) is 0 Å². The SMILES string of the molecule is O=c1cc(CC2CCC3C4C2C34)oc(-c2cc(O)c(O)cc2O)c1O. The summed E-state index contributed by atoms with van der Waals surface area (Å²) in [7, 11) is 0. The maximum Gasteiger partial charge on any atom is 0.227 e. The van der Waals surface area contributed by atoms with E-state index in [4.69, 9.17) is 4.42 Å². The van der Waals surface area contributed by atoms with Crippen molar-refractivity contribution < 1.29 is 24.8 Å². The molecule has 4 saturated carbocycles. The van der Waals surface area contributed by atoms with Gasteiger partial charge < -0.3 is 24.8 Å². The van der Waals surface area contributed by atoms with Crippen molar-refractivity contribution in [3.05, 3.63) is 34.2 Å². The van der Waals surface area contributed by atoms with Gasteiger partial charge in [-0.3, -0.25) is 4.79 Å². The van der Waals surface area contributed by atoms with Gasteiger partial charge in [0.1, 0.15) is 11.5 Å². The van der Waals surface area contributed by atoms with Crippen LogP contribution in [0.1, 0.15) is 18.6 Å². The van der Waals surface area contributed by atoms with E-state index in [9.17, 15) is 25.2 Å². The Bertz CT molecular complexity index is 936. The molecule has 0 radical (unpaired) electrons. The van der Waals surface area contributed by atoms with Crippen LogP contribution in [0.3, 0.4) is 0 Å². The van der Waals surface area contributed by atoms with Crippen LogP contribution in [-0.4, -0.2) is 20.4 Å². The number of rotatable bonds is 3. The molecule has 1 aromatic carbocycles. The van der Waals surface area contributed by atoms with Crippen molar-refractivity contribution in [2.24, 2.45) is 29.6 Å². The molecule has 0 aliphatic heterocycles. The highest BCUT2D eigenvalue weighted by atomic mass is 16.4. The lowest BCUT2D eigenvalue weighted by molar-refractivity contribution is 0.218. The second kappa shape index (κ2) is 4.71. The van der Waals surface area contributed by atoms with Gasteiger partial charge in [0.05, 0.1) is 5.56 Å². The smallest absolute Gasteiger partial charge is 0.227 e. The highest BCUT2D eigenvalue weighted by molar-refractivity contribution is 5.73. The third-order valence-corrected chi connectivity index (χ3v) is 6.23. The summed E-state index contributed by atoms with van der Waals surface area (Å²) in [6, 6.07) is 3.31. The molecule has 4 aliphatic rings. The fraction of sp³-hybridized carbons (Fsp3) is 0.421. The molecule has 4 N–H and O–H groups in total. The summed E-state index contributed by atoms with van der Waals surface area (Å²) in [5, 5.41) is 39.2. The van der Waals surface area contributed by atoms with Gasteiger partial charge in [0.25, 0.3) is 0 Å². The molecule has 4 aliphatic carbocycles. The average Bonchev–Trinajstić information content (AvgIpc) is 3.47. The number of phenolic OH excluding ortho intramolecular Hbond substituents is 3. The van der Waals surface area contributed by atoms with E-state index >= 15 is 0 Å². The van der Waals surface area contributed by atoms with Crippen molar-refractivity contribution in [3.63, 3.8) is 0 Å². The zero-order valence-electron chi connectivity index (χ0n) is 13.3. The fourth-order valence-electron chi connectivity index (χ4n) is 4.91. The Morgan fingerprint density at radius 1 is 0.920 bits per heavy atom. The highest BCUT2D eigenvalue weighted by Gasteiger charge is 2.76. The van der Waals surface area contributed by atoms with Gasteiger partial charge in [-0.2, -0.15) is 0 Å². The predicted molar refractivity (Wildman–Crippen MR) is 87.5 cm³/mol. The topological polar surface area (TPSA) is 111 Å². The Kier molecular flexibility index (Phi) is 2.77. The molecule has 0 spiro atoms. The minimum atomic E-state index is -0.623. The number of benzene rings is 1. The van der Waals surface area contributed by atoms with Crippen molar-refractivity contribution in [2.45, 2.75) is 19.3 Å². The van der Waals surface area contributed by atoms with E-state index < -0.39 is 28.4 Å². The third-order valence-electron chi connectivity index (χ3n) is 6.23. The number of phenols is 3. The second-order valence-corrected chi connectivity index (χ2v) is 7.55. The third kappa shape index (κ3) is 2.06. The molecule has 0 amide bonds. The largest absolute Gasteiger partial charge is 0.507 e. The Morgan fingerprint density at radius 2 is 1.64 bits per heavy atom. The molecule has 6 nitrogen and oxygen atoms in total. The molecule has 6 rings (SSSR count). The zero-order valence-corrected chi connectivity index (χ0v) is 13.3. The summed E-state index contributed by atoms with van der Waals surface area (Å²) < 4.78 is 5.73. The van der Waals surface area contributed by atoms with Crippen LogP contribution in [0.5, 0.6) is 23.0 Å².